The van der Waals surface area contributed by atoms with E-state index in [0.29, 0.717) is 5.69 Å². The number of hydrogen-bond donors (Lipinski definition) is 2. The lowest BCUT2D eigenvalue weighted by atomic mass is 10.1. The number of carbonyl (C=O) groups excluding carboxylic acids is 1. The van der Waals surface area contributed by atoms with E-state index in [0.717, 1.165) is 6.42 Å². The number of aromatic carboxylic acids is 1. The van der Waals surface area contributed by atoms with E-state index in [-0.39, 0.29) is 17.4 Å². The fourth-order valence-corrected chi connectivity index (χ4v) is 1.15. The van der Waals surface area contributed by atoms with E-state index in [9.17, 15) is 9.59 Å². The summed E-state index contributed by atoms with van der Waals surface area (Å²) in [7, 11) is 0. The number of amides is 1. The Balaban J connectivity index is 2.69. The minimum absolute atomic E-state index is 0.0425. The molecule has 0 aliphatic carbocycles. The SMILES string of the molecule is CC[C@H](C)C(=O)Nc1ccc(C(=O)O)cc1. The van der Waals surface area contributed by atoms with Crippen molar-refractivity contribution in [1.29, 1.82) is 0 Å². The molecule has 4 nitrogen and oxygen atoms in total. The van der Waals surface area contributed by atoms with Crippen molar-refractivity contribution in [2.45, 2.75) is 20.3 Å². The van der Waals surface area contributed by atoms with Gasteiger partial charge in [-0.2, -0.15) is 0 Å². The number of rotatable bonds is 4. The predicted octanol–water partition coefficient (Wildman–Crippen LogP) is 2.37. The van der Waals surface area contributed by atoms with Crippen LogP contribution in [0.2, 0.25) is 0 Å². The summed E-state index contributed by atoms with van der Waals surface area (Å²) in [6.07, 6.45) is 0.777. The Bertz CT molecular complexity index is 384. The molecule has 0 fully saturated rings. The first kappa shape index (κ1) is 12.2. The second-order valence-corrected chi connectivity index (χ2v) is 3.68. The van der Waals surface area contributed by atoms with Crippen LogP contribution < -0.4 is 5.32 Å². The van der Waals surface area contributed by atoms with Gasteiger partial charge in [-0.15, -0.1) is 0 Å². The molecule has 16 heavy (non-hydrogen) atoms. The Morgan fingerprint density at radius 1 is 1.31 bits per heavy atom. The van der Waals surface area contributed by atoms with Crippen LogP contribution in [-0.2, 0) is 4.79 Å². The molecule has 0 radical (unpaired) electrons. The molecular weight excluding hydrogens is 206 g/mol. The minimum atomic E-state index is -0.972. The lowest BCUT2D eigenvalue weighted by molar-refractivity contribution is -0.119. The minimum Gasteiger partial charge on any atom is -0.478 e. The third-order valence-electron chi connectivity index (χ3n) is 2.46. The zero-order valence-electron chi connectivity index (χ0n) is 9.36. The van der Waals surface area contributed by atoms with Crippen LogP contribution in [0.4, 0.5) is 5.69 Å². The molecule has 1 aromatic carbocycles. The monoisotopic (exact) mass is 221 g/mol. The lowest BCUT2D eigenvalue weighted by Crippen LogP contribution is -2.19. The molecule has 1 rings (SSSR count). The van der Waals surface area contributed by atoms with Gasteiger partial charge in [0.05, 0.1) is 5.56 Å². The third kappa shape index (κ3) is 3.08. The van der Waals surface area contributed by atoms with Gasteiger partial charge in [0.25, 0.3) is 0 Å². The summed E-state index contributed by atoms with van der Waals surface area (Å²) in [6, 6.07) is 6.11. The van der Waals surface area contributed by atoms with Crippen LogP contribution in [0.5, 0.6) is 0 Å². The summed E-state index contributed by atoms with van der Waals surface area (Å²) in [4.78, 5) is 22.1. The van der Waals surface area contributed by atoms with Crippen molar-refractivity contribution >= 4 is 17.6 Å². The van der Waals surface area contributed by atoms with Gasteiger partial charge in [0.2, 0.25) is 5.91 Å². The number of benzene rings is 1. The number of anilines is 1. The molecule has 86 valence electrons. The predicted molar refractivity (Wildman–Crippen MR) is 61.5 cm³/mol. The Labute approximate surface area is 94.3 Å². The Morgan fingerprint density at radius 2 is 1.88 bits per heavy atom. The van der Waals surface area contributed by atoms with Crippen LogP contribution in [0.1, 0.15) is 30.6 Å². The highest BCUT2D eigenvalue weighted by atomic mass is 16.4. The van der Waals surface area contributed by atoms with Crippen LogP contribution in [0.15, 0.2) is 24.3 Å². The summed E-state index contributed by atoms with van der Waals surface area (Å²) < 4.78 is 0. The molecule has 2 N–H and O–H groups in total. The molecule has 0 aliphatic heterocycles. The van der Waals surface area contributed by atoms with Crippen LogP contribution in [0, 0.1) is 5.92 Å². The highest BCUT2D eigenvalue weighted by Crippen LogP contribution is 2.12. The topological polar surface area (TPSA) is 66.4 Å². The zero-order chi connectivity index (χ0) is 12.1. The molecule has 0 aromatic heterocycles. The maximum atomic E-state index is 11.5. The number of carboxylic acid groups (broad SMARTS) is 1. The second kappa shape index (κ2) is 5.30. The molecule has 1 amide bonds. The zero-order valence-corrected chi connectivity index (χ0v) is 9.36. The number of nitrogens with one attached hydrogen (secondary N) is 1. The van der Waals surface area contributed by atoms with E-state index in [1.54, 1.807) is 12.1 Å². The molecule has 4 heteroatoms. The standard InChI is InChI=1S/C12H15NO3/c1-3-8(2)11(14)13-10-6-4-9(5-7-10)12(15)16/h4-8H,3H2,1-2H3,(H,13,14)(H,15,16)/t8-/m0/s1. The van der Waals surface area contributed by atoms with Crippen LogP contribution in [-0.4, -0.2) is 17.0 Å². The van der Waals surface area contributed by atoms with Gasteiger partial charge in [0.1, 0.15) is 0 Å². The molecule has 0 aliphatic rings. The normalized spacial score (nSPS) is 11.9. The summed E-state index contributed by atoms with van der Waals surface area (Å²) in [5, 5.41) is 11.4. The van der Waals surface area contributed by atoms with Crippen molar-refractivity contribution in [3.05, 3.63) is 29.8 Å². The number of carboxylic acids is 1. The smallest absolute Gasteiger partial charge is 0.335 e. The molecule has 0 unspecified atom stereocenters. The molecule has 1 atom stereocenters. The van der Waals surface area contributed by atoms with Crippen LogP contribution in [0.3, 0.4) is 0 Å². The molecule has 0 saturated carbocycles. The first-order valence-electron chi connectivity index (χ1n) is 5.18. The van der Waals surface area contributed by atoms with E-state index < -0.39 is 5.97 Å². The molecule has 0 spiro atoms. The van der Waals surface area contributed by atoms with Crippen LogP contribution in [0.25, 0.3) is 0 Å². The summed E-state index contributed by atoms with van der Waals surface area (Å²) in [5.74, 6) is -1.07. The maximum absolute atomic E-state index is 11.5. The Hall–Kier alpha value is -1.84. The average Bonchev–Trinajstić information content (AvgIpc) is 2.28. The van der Waals surface area contributed by atoms with E-state index >= 15 is 0 Å². The molecular formula is C12H15NO3. The van der Waals surface area contributed by atoms with Crippen molar-refractivity contribution in [1.82, 2.24) is 0 Å². The van der Waals surface area contributed by atoms with Gasteiger partial charge in [-0.1, -0.05) is 13.8 Å². The largest absolute Gasteiger partial charge is 0.478 e. The third-order valence-corrected chi connectivity index (χ3v) is 2.46. The molecule has 0 bridgehead atoms. The Kier molecular flexibility index (Phi) is 4.05. The van der Waals surface area contributed by atoms with Gasteiger partial charge >= 0.3 is 5.97 Å². The van der Waals surface area contributed by atoms with E-state index in [2.05, 4.69) is 5.32 Å². The molecule has 1 aromatic rings. The van der Waals surface area contributed by atoms with Crippen LogP contribution >= 0.6 is 0 Å². The fourth-order valence-electron chi connectivity index (χ4n) is 1.15. The summed E-state index contributed by atoms with van der Waals surface area (Å²) in [5.41, 5.74) is 0.830. The second-order valence-electron chi connectivity index (χ2n) is 3.68. The van der Waals surface area contributed by atoms with E-state index in [1.807, 2.05) is 13.8 Å². The average molecular weight is 221 g/mol. The van der Waals surface area contributed by atoms with Crippen molar-refractivity contribution in [3.63, 3.8) is 0 Å². The first-order valence-corrected chi connectivity index (χ1v) is 5.18. The van der Waals surface area contributed by atoms with Gasteiger partial charge in [-0.05, 0) is 30.7 Å². The lowest BCUT2D eigenvalue weighted by Gasteiger charge is -2.09. The van der Waals surface area contributed by atoms with E-state index in [1.165, 1.54) is 12.1 Å². The molecule has 0 saturated heterocycles. The fraction of sp³-hybridized carbons (Fsp3) is 0.333. The Morgan fingerprint density at radius 3 is 2.31 bits per heavy atom. The summed E-state index contributed by atoms with van der Waals surface area (Å²) >= 11 is 0. The van der Waals surface area contributed by atoms with Gasteiger partial charge in [0, 0.05) is 11.6 Å². The summed E-state index contributed by atoms with van der Waals surface area (Å²) in [6.45, 7) is 3.79. The highest BCUT2D eigenvalue weighted by Gasteiger charge is 2.10. The van der Waals surface area contributed by atoms with E-state index in [4.69, 9.17) is 5.11 Å². The highest BCUT2D eigenvalue weighted by molar-refractivity contribution is 5.93. The van der Waals surface area contributed by atoms with Crippen molar-refractivity contribution in [2.75, 3.05) is 5.32 Å². The maximum Gasteiger partial charge on any atom is 0.335 e. The molecule has 0 heterocycles. The van der Waals surface area contributed by atoms with Crippen molar-refractivity contribution in [3.8, 4) is 0 Å². The van der Waals surface area contributed by atoms with Gasteiger partial charge in [-0.3, -0.25) is 4.79 Å². The van der Waals surface area contributed by atoms with Gasteiger partial charge in [0.15, 0.2) is 0 Å². The number of carbonyl (C=O) groups is 2. The van der Waals surface area contributed by atoms with Crippen molar-refractivity contribution in [2.24, 2.45) is 5.92 Å². The quantitative estimate of drug-likeness (QED) is 0.820. The van der Waals surface area contributed by atoms with Gasteiger partial charge < -0.3 is 10.4 Å². The number of hydrogen-bond acceptors (Lipinski definition) is 2. The van der Waals surface area contributed by atoms with Gasteiger partial charge in [-0.25, -0.2) is 4.79 Å². The first-order chi connectivity index (χ1) is 7.54. The van der Waals surface area contributed by atoms with Crippen molar-refractivity contribution < 1.29 is 14.7 Å².